The van der Waals surface area contributed by atoms with E-state index in [2.05, 4.69) is 15.2 Å². The Labute approximate surface area is 110 Å². The van der Waals surface area contributed by atoms with Crippen molar-refractivity contribution in [1.82, 2.24) is 19.7 Å². The van der Waals surface area contributed by atoms with Gasteiger partial charge in [-0.05, 0) is 23.9 Å². The summed E-state index contributed by atoms with van der Waals surface area (Å²) in [6, 6.07) is 2.99. The Hall–Kier alpha value is -1.80. The third kappa shape index (κ3) is 2.39. The van der Waals surface area contributed by atoms with Crippen LogP contribution in [0.2, 0.25) is 5.02 Å². The van der Waals surface area contributed by atoms with Gasteiger partial charge in [-0.15, -0.1) is 5.10 Å². The second-order valence-electron chi connectivity index (χ2n) is 3.26. The number of pyridine rings is 1. The Bertz CT molecular complexity index is 666. The molecule has 2 heterocycles. The number of aromatic amines is 1. The SMILES string of the molecule is Cn1c(Sc2ccc(Cl)c(C(=O)O)n2)n[nH]c1=O. The highest BCUT2D eigenvalue weighted by Crippen LogP contribution is 2.25. The van der Waals surface area contributed by atoms with E-state index in [9.17, 15) is 9.59 Å². The standard InChI is InChI=1S/C9H7ClN4O3S/c1-14-8(17)12-13-9(14)18-5-3-2-4(10)6(11-5)7(15)16/h2-3H,1H3,(H,12,17)(H,15,16). The number of carboxylic acids is 1. The highest BCUT2D eigenvalue weighted by atomic mass is 35.5. The van der Waals surface area contributed by atoms with E-state index in [1.807, 2.05) is 0 Å². The summed E-state index contributed by atoms with van der Waals surface area (Å²) in [5.41, 5.74) is -0.591. The van der Waals surface area contributed by atoms with E-state index >= 15 is 0 Å². The van der Waals surface area contributed by atoms with Crippen molar-refractivity contribution in [2.75, 3.05) is 0 Å². The Morgan fingerprint density at radius 2 is 2.28 bits per heavy atom. The molecule has 2 aromatic heterocycles. The van der Waals surface area contributed by atoms with Crippen molar-refractivity contribution in [3.05, 3.63) is 33.3 Å². The molecular formula is C9H7ClN4O3S. The van der Waals surface area contributed by atoms with Gasteiger partial charge < -0.3 is 5.11 Å². The van der Waals surface area contributed by atoms with Crippen molar-refractivity contribution in [2.45, 2.75) is 10.2 Å². The number of carbonyl (C=O) groups is 1. The van der Waals surface area contributed by atoms with E-state index in [0.29, 0.717) is 10.2 Å². The molecule has 18 heavy (non-hydrogen) atoms. The first kappa shape index (κ1) is 12.7. The van der Waals surface area contributed by atoms with Crippen LogP contribution < -0.4 is 5.69 Å². The van der Waals surface area contributed by atoms with Gasteiger partial charge in [0, 0.05) is 7.05 Å². The molecule has 0 aliphatic rings. The lowest BCUT2D eigenvalue weighted by Crippen LogP contribution is -2.12. The van der Waals surface area contributed by atoms with E-state index in [-0.39, 0.29) is 16.4 Å². The monoisotopic (exact) mass is 286 g/mol. The van der Waals surface area contributed by atoms with Gasteiger partial charge in [-0.25, -0.2) is 19.7 Å². The van der Waals surface area contributed by atoms with Crippen LogP contribution in [0, 0.1) is 0 Å². The van der Waals surface area contributed by atoms with E-state index in [1.54, 1.807) is 13.1 Å². The Kier molecular flexibility index (Phi) is 3.39. The van der Waals surface area contributed by atoms with Gasteiger partial charge in [0.25, 0.3) is 0 Å². The molecule has 0 amide bonds. The molecule has 0 aromatic carbocycles. The molecule has 94 valence electrons. The lowest BCUT2D eigenvalue weighted by atomic mass is 10.3. The Morgan fingerprint density at radius 1 is 1.56 bits per heavy atom. The quantitative estimate of drug-likeness (QED) is 0.873. The van der Waals surface area contributed by atoms with Gasteiger partial charge in [0.1, 0.15) is 5.03 Å². The zero-order valence-corrected chi connectivity index (χ0v) is 10.6. The third-order valence-electron chi connectivity index (χ3n) is 2.06. The van der Waals surface area contributed by atoms with Crippen LogP contribution in [-0.4, -0.2) is 30.8 Å². The molecule has 0 atom stereocenters. The van der Waals surface area contributed by atoms with Crippen LogP contribution in [0.4, 0.5) is 0 Å². The first-order chi connectivity index (χ1) is 8.49. The normalized spacial score (nSPS) is 10.6. The molecule has 2 aromatic rings. The Morgan fingerprint density at radius 3 is 2.83 bits per heavy atom. The van der Waals surface area contributed by atoms with Crippen LogP contribution in [0.5, 0.6) is 0 Å². The zero-order chi connectivity index (χ0) is 13.3. The molecule has 2 N–H and O–H groups in total. The van der Waals surface area contributed by atoms with Crippen LogP contribution in [0.15, 0.2) is 27.1 Å². The predicted molar refractivity (Wildman–Crippen MR) is 64.2 cm³/mol. The van der Waals surface area contributed by atoms with Crippen molar-refractivity contribution < 1.29 is 9.90 Å². The van der Waals surface area contributed by atoms with Gasteiger partial charge in [0.15, 0.2) is 10.9 Å². The highest BCUT2D eigenvalue weighted by molar-refractivity contribution is 7.99. The molecule has 0 bridgehead atoms. The maximum Gasteiger partial charge on any atom is 0.356 e. The minimum atomic E-state index is -1.21. The fraction of sp³-hybridized carbons (Fsp3) is 0.111. The lowest BCUT2D eigenvalue weighted by molar-refractivity contribution is 0.0690. The summed E-state index contributed by atoms with van der Waals surface area (Å²) >= 11 is 6.76. The number of rotatable bonds is 3. The van der Waals surface area contributed by atoms with Gasteiger partial charge >= 0.3 is 11.7 Å². The molecule has 7 nitrogen and oxygen atoms in total. The zero-order valence-electron chi connectivity index (χ0n) is 9.05. The fourth-order valence-electron chi connectivity index (χ4n) is 1.15. The van der Waals surface area contributed by atoms with Gasteiger partial charge in [-0.1, -0.05) is 11.6 Å². The molecule has 9 heteroatoms. The van der Waals surface area contributed by atoms with Gasteiger partial charge in [-0.3, -0.25) is 4.57 Å². The summed E-state index contributed by atoms with van der Waals surface area (Å²) in [4.78, 5) is 25.9. The van der Waals surface area contributed by atoms with Crippen molar-refractivity contribution in [1.29, 1.82) is 0 Å². The van der Waals surface area contributed by atoms with Crippen LogP contribution in [0.1, 0.15) is 10.5 Å². The van der Waals surface area contributed by atoms with Crippen molar-refractivity contribution >= 4 is 29.3 Å². The number of hydrogen-bond acceptors (Lipinski definition) is 5. The average molecular weight is 287 g/mol. The number of carboxylic acid groups (broad SMARTS) is 1. The molecule has 2 rings (SSSR count). The first-order valence-electron chi connectivity index (χ1n) is 4.68. The molecular weight excluding hydrogens is 280 g/mol. The van der Waals surface area contributed by atoms with Gasteiger partial charge in [0.2, 0.25) is 0 Å². The number of hydrogen-bond donors (Lipinski definition) is 2. The van der Waals surface area contributed by atoms with E-state index in [1.165, 1.54) is 10.6 Å². The van der Waals surface area contributed by atoms with E-state index < -0.39 is 5.97 Å². The van der Waals surface area contributed by atoms with E-state index in [4.69, 9.17) is 16.7 Å². The summed E-state index contributed by atoms with van der Waals surface area (Å²) in [6.07, 6.45) is 0. The highest BCUT2D eigenvalue weighted by Gasteiger charge is 2.13. The maximum absolute atomic E-state index is 11.2. The fourth-order valence-corrected chi connectivity index (χ4v) is 2.11. The van der Waals surface area contributed by atoms with Crippen LogP contribution >= 0.6 is 23.4 Å². The smallest absolute Gasteiger partial charge is 0.356 e. The number of nitrogens with zero attached hydrogens (tertiary/aromatic N) is 3. The summed E-state index contributed by atoms with van der Waals surface area (Å²) in [5.74, 6) is -1.21. The molecule has 0 spiro atoms. The number of nitrogens with one attached hydrogen (secondary N) is 1. The molecule has 0 saturated heterocycles. The minimum absolute atomic E-state index is 0.0581. The Balaban J connectivity index is 2.36. The first-order valence-corrected chi connectivity index (χ1v) is 5.87. The number of H-pyrrole nitrogens is 1. The van der Waals surface area contributed by atoms with Gasteiger partial charge in [0.05, 0.1) is 5.02 Å². The van der Waals surface area contributed by atoms with Crippen molar-refractivity contribution in [3.63, 3.8) is 0 Å². The van der Waals surface area contributed by atoms with Crippen LogP contribution in [0.3, 0.4) is 0 Å². The van der Waals surface area contributed by atoms with Crippen LogP contribution in [0.25, 0.3) is 0 Å². The predicted octanol–water partition coefficient (Wildman–Crippen LogP) is 1.01. The summed E-state index contributed by atoms with van der Waals surface area (Å²) in [7, 11) is 1.54. The molecule has 0 unspecified atom stereocenters. The van der Waals surface area contributed by atoms with Crippen molar-refractivity contribution in [3.8, 4) is 0 Å². The molecule has 0 radical (unpaired) electrons. The number of aromatic carboxylic acids is 1. The topological polar surface area (TPSA) is 101 Å². The van der Waals surface area contributed by atoms with E-state index in [0.717, 1.165) is 11.8 Å². The van der Waals surface area contributed by atoms with Crippen molar-refractivity contribution in [2.24, 2.45) is 7.05 Å². The lowest BCUT2D eigenvalue weighted by Gasteiger charge is -2.02. The van der Waals surface area contributed by atoms with Crippen LogP contribution in [-0.2, 0) is 7.05 Å². The number of aromatic nitrogens is 4. The maximum atomic E-state index is 11.2. The summed E-state index contributed by atoms with van der Waals surface area (Å²) in [6.45, 7) is 0. The summed E-state index contributed by atoms with van der Waals surface area (Å²) in [5, 5.41) is 15.8. The third-order valence-corrected chi connectivity index (χ3v) is 3.35. The molecule has 0 fully saturated rings. The second kappa shape index (κ2) is 4.83. The number of halogens is 1. The van der Waals surface area contributed by atoms with Gasteiger partial charge in [-0.2, -0.15) is 0 Å². The minimum Gasteiger partial charge on any atom is -0.476 e. The molecule has 0 saturated carbocycles. The summed E-state index contributed by atoms with van der Waals surface area (Å²) < 4.78 is 1.29. The second-order valence-corrected chi connectivity index (χ2v) is 4.65. The average Bonchev–Trinajstić information content (AvgIpc) is 2.63. The molecule has 0 aliphatic heterocycles. The largest absolute Gasteiger partial charge is 0.476 e. The molecule has 0 aliphatic carbocycles.